The number of urea groups is 1. The molecular formula is C15H20F3N3O2. The Hall–Kier alpha value is -2.25. The van der Waals surface area contributed by atoms with Gasteiger partial charge in [0.25, 0.3) is 0 Å². The van der Waals surface area contributed by atoms with Gasteiger partial charge in [0.1, 0.15) is 6.04 Å². The summed E-state index contributed by atoms with van der Waals surface area (Å²) in [5.41, 5.74) is 5.98. The molecule has 0 spiro atoms. The lowest BCUT2D eigenvalue weighted by Crippen LogP contribution is -2.50. The zero-order chi connectivity index (χ0) is 17.5. The number of alkyl halides is 3. The average Bonchev–Trinajstić information content (AvgIpc) is 2.46. The largest absolute Gasteiger partial charge is 0.408 e. The standard InChI is InChI=1S/C15H20F3N3O2/c1-11(15(16,17)18)20-14(23)21(10-8-13(19)22)9-7-12-5-3-2-4-6-12/h2-6,11H,7-10H2,1H3,(H2,19,22)(H,20,23)/t11-/m0/s1. The van der Waals surface area contributed by atoms with Crippen molar-refractivity contribution in [3.8, 4) is 0 Å². The number of nitrogens with two attached hydrogens (primary N) is 1. The van der Waals surface area contributed by atoms with Gasteiger partial charge in [0.15, 0.2) is 0 Å². The van der Waals surface area contributed by atoms with Crippen molar-refractivity contribution in [3.05, 3.63) is 35.9 Å². The first-order valence-corrected chi connectivity index (χ1v) is 7.14. The lowest BCUT2D eigenvalue weighted by atomic mass is 10.1. The summed E-state index contributed by atoms with van der Waals surface area (Å²) < 4.78 is 37.6. The van der Waals surface area contributed by atoms with E-state index in [1.807, 2.05) is 35.6 Å². The van der Waals surface area contributed by atoms with Gasteiger partial charge in [0, 0.05) is 19.5 Å². The molecule has 1 rings (SSSR count). The van der Waals surface area contributed by atoms with Crippen molar-refractivity contribution in [3.63, 3.8) is 0 Å². The molecule has 0 radical (unpaired) electrons. The minimum atomic E-state index is -4.52. The van der Waals surface area contributed by atoms with E-state index in [2.05, 4.69) is 0 Å². The van der Waals surface area contributed by atoms with E-state index in [1.54, 1.807) is 0 Å². The van der Waals surface area contributed by atoms with Gasteiger partial charge in [0.2, 0.25) is 5.91 Å². The summed E-state index contributed by atoms with van der Waals surface area (Å²) in [4.78, 5) is 24.0. The second-order valence-corrected chi connectivity index (χ2v) is 5.15. The van der Waals surface area contributed by atoms with E-state index in [0.29, 0.717) is 6.42 Å². The molecule has 0 saturated carbocycles. The van der Waals surface area contributed by atoms with Crippen LogP contribution >= 0.6 is 0 Å². The first kappa shape index (κ1) is 18.8. The van der Waals surface area contributed by atoms with Gasteiger partial charge < -0.3 is 16.0 Å². The number of carbonyl (C=O) groups is 2. The third-order valence-electron chi connectivity index (χ3n) is 3.26. The maximum absolute atomic E-state index is 12.5. The minimum absolute atomic E-state index is 0.0292. The number of halogens is 3. The highest BCUT2D eigenvalue weighted by Gasteiger charge is 2.37. The number of primary amides is 1. The smallest absolute Gasteiger partial charge is 0.370 e. The minimum Gasteiger partial charge on any atom is -0.370 e. The Labute approximate surface area is 132 Å². The summed E-state index contributed by atoms with van der Waals surface area (Å²) in [6, 6.07) is 6.36. The van der Waals surface area contributed by atoms with Gasteiger partial charge in [-0.1, -0.05) is 30.3 Å². The van der Waals surface area contributed by atoms with Crippen LogP contribution < -0.4 is 11.1 Å². The van der Waals surface area contributed by atoms with E-state index in [-0.39, 0.29) is 19.5 Å². The molecule has 0 aliphatic carbocycles. The number of rotatable bonds is 7. The van der Waals surface area contributed by atoms with Crippen LogP contribution in [0, 0.1) is 0 Å². The monoisotopic (exact) mass is 331 g/mol. The summed E-state index contributed by atoms with van der Waals surface area (Å²) in [6.07, 6.45) is -4.17. The van der Waals surface area contributed by atoms with E-state index in [4.69, 9.17) is 5.73 Å². The highest BCUT2D eigenvalue weighted by Crippen LogP contribution is 2.19. The maximum atomic E-state index is 12.5. The molecule has 23 heavy (non-hydrogen) atoms. The van der Waals surface area contributed by atoms with Crippen LogP contribution in [0.4, 0.5) is 18.0 Å². The number of nitrogens with zero attached hydrogens (tertiary/aromatic N) is 1. The van der Waals surface area contributed by atoms with Crippen LogP contribution in [0.1, 0.15) is 18.9 Å². The van der Waals surface area contributed by atoms with Gasteiger partial charge in [-0.05, 0) is 18.9 Å². The van der Waals surface area contributed by atoms with Crippen LogP contribution in [-0.2, 0) is 11.2 Å². The summed E-state index contributed by atoms with van der Waals surface area (Å²) in [7, 11) is 0. The van der Waals surface area contributed by atoms with Crippen LogP contribution in [0.3, 0.4) is 0 Å². The van der Waals surface area contributed by atoms with Gasteiger partial charge in [-0.25, -0.2) is 4.79 Å². The molecule has 0 aromatic heterocycles. The molecule has 1 atom stereocenters. The van der Waals surface area contributed by atoms with Crippen LogP contribution in [-0.4, -0.2) is 42.1 Å². The molecule has 0 aliphatic heterocycles. The molecule has 0 aliphatic rings. The van der Waals surface area contributed by atoms with E-state index < -0.39 is 24.2 Å². The van der Waals surface area contributed by atoms with Crippen molar-refractivity contribution in [2.45, 2.75) is 32.0 Å². The topological polar surface area (TPSA) is 75.4 Å². The van der Waals surface area contributed by atoms with E-state index in [0.717, 1.165) is 12.5 Å². The highest BCUT2D eigenvalue weighted by molar-refractivity contribution is 5.77. The molecule has 1 aromatic rings. The summed E-state index contributed by atoms with van der Waals surface area (Å²) in [5.74, 6) is -0.619. The Morgan fingerprint density at radius 2 is 1.83 bits per heavy atom. The number of nitrogens with one attached hydrogen (secondary N) is 1. The number of benzene rings is 1. The molecule has 0 fully saturated rings. The van der Waals surface area contributed by atoms with Crippen molar-refractivity contribution in [1.82, 2.24) is 10.2 Å². The molecule has 0 unspecified atom stereocenters. The number of hydrogen-bond donors (Lipinski definition) is 2. The molecule has 5 nitrogen and oxygen atoms in total. The fourth-order valence-corrected chi connectivity index (χ4v) is 1.83. The third kappa shape index (κ3) is 7.03. The molecule has 128 valence electrons. The molecule has 0 saturated heterocycles. The van der Waals surface area contributed by atoms with Gasteiger partial charge >= 0.3 is 12.2 Å². The predicted octanol–water partition coefficient (Wildman–Crippen LogP) is 2.07. The van der Waals surface area contributed by atoms with Gasteiger partial charge in [-0.3, -0.25) is 4.79 Å². The molecular weight excluding hydrogens is 311 g/mol. The van der Waals surface area contributed by atoms with Gasteiger partial charge in [-0.15, -0.1) is 0 Å². The van der Waals surface area contributed by atoms with Gasteiger partial charge in [-0.2, -0.15) is 13.2 Å². The Morgan fingerprint density at radius 3 is 2.35 bits per heavy atom. The summed E-state index contributed by atoms with van der Waals surface area (Å²) >= 11 is 0. The fraction of sp³-hybridized carbons (Fsp3) is 0.467. The Balaban J connectivity index is 2.67. The van der Waals surface area contributed by atoms with Crippen molar-refractivity contribution in [2.75, 3.05) is 13.1 Å². The van der Waals surface area contributed by atoms with Crippen LogP contribution in [0.25, 0.3) is 0 Å². The molecule has 0 heterocycles. The molecule has 3 amide bonds. The molecule has 1 aromatic carbocycles. The van der Waals surface area contributed by atoms with Crippen molar-refractivity contribution in [2.24, 2.45) is 5.73 Å². The highest BCUT2D eigenvalue weighted by atomic mass is 19.4. The second-order valence-electron chi connectivity index (χ2n) is 5.15. The zero-order valence-electron chi connectivity index (χ0n) is 12.8. The van der Waals surface area contributed by atoms with Crippen molar-refractivity contribution < 1.29 is 22.8 Å². The van der Waals surface area contributed by atoms with E-state index in [9.17, 15) is 22.8 Å². The maximum Gasteiger partial charge on any atom is 0.408 e. The lowest BCUT2D eigenvalue weighted by molar-refractivity contribution is -0.149. The molecule has 8 heteroatoms. The SMILES string of the molecule is C[C@H](NC(=O)N(CCC(N)=O)CCc1ccccc1)C(F)(F)F. The predicted molar refractivity (Wildman–Crippen MR) is 79.6 cm³/mol. The van der Waals surface area contributed by atoms with E-state index in [1.165, 1.54) is 4.90 Å². The van der Waals surface area contributed by atoms with Crippen molar-refractivity contribution >= 4 is 11.9 Å². The van der Waals surface area contributed by atoms with Crippen LogP contribution in [0.5, 0.6) is 0 Å². The zero-order valence-corrected chi connectivity index (χ0v) is 12.8. The van der Waals surface area contributed by atoms with Gasteiger partial charge in [0.05, 0.1) is 0 Å². The first-order valence-electron chi connectivity index (χ1n) is 7.14. The molecule has 0 bridgehead atoms. The van der Waals surface area contributed by atoms with Crippen LogP contribution in [0.15, 0.2) is 30.3 Å². The molecule has 3 N–H and O–H groups in total. The normalized spacial score (nSPS) is 12.5. The summed E-state index contributed by atoms with van der Waals surface area (Å²) in [5, 5.41) is 1.89. The van der Waals surface area contributed by atoms with E-state index >= 15 is 0 Å². The van der Waals surface area contributed by atoms with Crippen LogP contribution in [0.2, 0.25) is 0 Å². The second kappa shape index (κ2) is 8.40. The average molecular weight is 331 g/mol. The Bertz CT molecular complexity index is 520. The number of carbonyl (C=O) groups excluding carboxylic acids is 2. The number of hydrogen-bond acceptors (Lipinski definition) is 2. The van der Waals surface area contributed by atoms with Crippen molar-refractivity contribution in [1.29, 1.82) is 0 Å². The quantitative estimate of drug-likeness (QED) is 0.802. The third-order valence-corrected chi connectivity index (χ3v) is 3.26. The summed E-state index contributed by atoms with van der Waals surface area (Å²) in [6.45, 7) is 1.02. The fourth-order valence-electron chi connectivity index (χ4n) is 1.83. The first-order chi connectivity index (χ1) is 10.7. The Morgan fingerprint density at radius 1 is 1.22 bits per heavy atom. The lowest BCUT2D eigenvalue weighted by Gasteiger charge is -2.26. The Kier molecular flexibility index (Phi) is 6.87. The number of amides is 3.